The summed E-state index contributed by atoms with van der Waals surface area (Å²) < 4.78 is 80.4. The zero-order chi connectivity index (χ0) is 20.9. The van der Waals surface area contributed by atoms with Crippen LogP contribution < -0.4 is 0 Å². The smallest absolute Gasteiger partial charge is 0.340 e. The standard InChI is InChI=1S/C20H15F6N2.Ir/c1-11-6-12(2)17(13(3)7-11)28-5-4-27-18(28)14-8-15(19(21,22)23)10-16(9-14)20(24,25)26;/h4-8,10H,1-3H3;/q-1;. The zero-order valence-corrected chi connectivity index (χ0v) is 17.9. The Bertz CT molecular complexity index is 979. The van der Waals surface area contributed by atoms with E-state index in [1.54, 1.807) is 0 Å². The first-order chi connectivity index (χ1) is 12.9. The van der Waals surface area contributed by atoms with E-state index in [1.807, 2.05) is 32.9 Å². The van der Waals surface area contributed by atoms with Gasteiger partial charge in [-0.1, -0.05) is 17.7 Å². The van der Waals surface area contributed by atoms with Gasteiger partial charge in [0.15, 0.2) is 0 Å². The summed E-state index contributed by atoms with van der Waals surface area (Å²) in [6.45, 7) is 5.53. The fourth-order valence-corrected chi connectivity index (χ4v) is 3.24. The van der Waals surface area contributed by atoms with E-state index in [4.69, 9.17) is 0 Å². The number of halogens is 6. The predicted octanol–water partition coefficient (Wildman–Crippen LogP) is 6.30. The van der Waals surface area contributed by atoms with Gasteiger partial charge in [-0.2, -0.15) is 26.3 Å². The van der Waals surface area contributed by atoms with Crippen LogP contribution in [0.25, 0.3) is 17.1 Å². The van der Waals surface area contributed by atoms with Gasteiger partial charge in [0.1, 0.15) is 0 Å². The van der Waals surface area contributed by atoms with Crippen molar-refractivity contribution in [2.24, 2.45) is 0 Å². The van der Waals surface area contributed by atoms with Crippen LogP contribution in [0.3, 0.4) is 0 Å². The first-order valence-electron chi connectivity index (χ1n) is 8.21. The molecule has 2 aromatic carbocycles. The number of imidazole rings is 1. The van der Waals surface area contributed by atoms with E-state index < -0.39 is 23.5 Å². The molecule has 0 aliphatic rings. The Hall–Kier alpha value is -2.12. The molecule has 0 aliphatic carbocycles. The van der Waals surface area contributed by atoms with Gasteiger partial charge in [0.25, 0.3) is 0 Å². The number of rotatable bonds is 2. The zero-order valence-electron chi connectivity index (χ0n) is 15.5. The minimum atomic E-state index is -4.97. The number of hydrogen-bond acceptors (Lipinski definition) is 1. The Balaban J connectivity index is 0.00000300. The van der Waals surface area contributed by atoms with Gasteiger partial charge in [-0.15, -0.1) is 23.8 Å². The van der Waals surface area contributed by atoms with Gasteiger partial charge >= 0.3 is 12.4 Å². The second-order valence-corrected chi connectivity index (χ2v) is 6.56. The summed E-state index contributed by atoms with van der Waals surface area (Å²) >= 11 is 0. The van der Waals surface area contributed by atoms with E-state index >= 15 is 0 Å². The first-order valence-corrected chi connectivity index (χ1v) is 8.21. The molecule has 9 heteroatoms. The largest absolute Gasteiger partial charge is 0.399 e. The summed E-state index contributed by atoms with van der Waals surface area (Å²) in [4.78, 5) is 4.01. The fraction of sp³-hybridized carbons (Fsp3) is 0.250. The van der Waals surface area contributed by atoms with Crippen LogP contribution >= 0.6 is 0 Å². The minimum absolute atomic E-state index is 0. The molecule has 0 saturated heterocycles. The summed E-state index contributed by atoms with van der Waals surface area (Å²) in [6.07, 6.45) is -7.07. The van der Waals surface area contributed by atoms with Crippen LogP contribution in [0, 0.1) is 26.8 Å². The van der Waals surface area contributed by atoms with Gasteiger partial charge in [-0.3, -0.25) is 4.98 Å². The summed E-state index contributed by atoms with van der Waals surface area (Å²) in [6, 6.07) is 6.49. The Labute approximate surface area is 176 Å². The average Bonchev–Trinajstić information content (AvgIpc) is 3.01. The van der Waals surface area contributed by atoms with Gasteiger partial charge in [0.05, 0.1) is 5.82 Å². The number of benzene rings is 2. The van der Waals surface area contributed by atoms with Crippen molar-refractivity contribution in [3.63, 3.8) is 0 Å². The second-order valence-electron chi connectivity index (χ2n) is 6.56. The van der Waals surface area contributed by atoms with E-state index in [1.165, 1.54) is 17.0 Å². The van der Waals surface area contributed by atoms with E-state index in [0.717, 1.165) is 16.7 Å². The van der Waals surface area contributed by atoms with Crippen LogP contribution in [0.1, 0.15) is 27.8 Å². The molecular weight excluding hydrogens is 574 g/mol. The van der Waals surface area contributed by atoms with Crippen LogP contribution in [0.4, 0.5) is 26.3 Å². The van der Waals surface area contributed by atoms with Gasteiger partial charge in [-0.05, 0) is 43.0 Å². The molecule has 0 unspecified atom stereocenters. The van der Waals surface area contributed by atoms with Crippen molar-refractivity contribution in [1.82, 2.24) is 9.55 Å². The normalized spacial score (nSPS) is 12.0. The molecule has 2 nitrogen and oxygen atoms in total. The summed E-state index contributed by atoms with van der Waals surface area (Å²) in [7, 11) is 0. The number of hydrogen-bond donors (Lipinski definition) is 0. The quantitative estimate of drug-likeness (QED) is 0.254. The van der Waals surface area contributed by atoms with Crippen molar-refractivity contribution in [1.29, 1.82) is 0 Å². The third-order valence-corrected chi connectivity index (χ3v) is 4.26. The Kier molecular flexibility index (Phi) is 6.35. The Morgan fingerprint density at radius 1 is 0.862 bits per heavy atom. The molecule has 3 aromatic rings. The molecule has 29 heavy (non-hydrogen) atoms. The molecule has 0 saturated carbocycles. The third kappa shape index (κ3) is 4.73. The second kappa shape index (κ2) is 7.95. The molecule has 1 heterocycles. The molecule has 0 amide bonds. The van der Waals surface area contributed by atoms with Crippen LogP contribution in [0.15, 0.2) is 36.7 Å². The molecule has 0 bridgehead atoms. The van der Waals surface area contributed by atoms with Crippen molar-refractivity contribution in [3.8, 4) is 17.1 Å². The maximum Gasteiger partial charge on any atom is 0.399 e. The van der Waals surface area contributed by atoms with E-state index in [-0.39, 0.29) is 37.6 Å². The van der Waals surface area contributed by atoms with Gasteiger partial charge < -0.3 is 4.57 Å². The molecule has 3 rings (SSSR count). The van der Waals surface area contributed by atoms with Gasteiger partial charge in [-0.25, -0.2) is 0 Å². The molecule has 0 aliphatic heterocycles. The predicted molar refractivity (Wildman–Crippen MR) is 92.1 cm³/mol. The summed E-state index contributed by atoms with van der Waals surface area (Å²) in [5.41, 5.74) is -0.00126. The van der Waals surface area contributed by atoms with Crippen LogP contribution in [0.2, 0.25) is 0 Å². The number of alkyl halides is 6. The molecule has 1 aromatic heterocycles. The van der Waals surface area contributed by atoms with E-state index in [2.05, 4.69) is 11.1 Å². The van der Waals surface area contributed by atoms with Gasteiger partial charge in [0.2, 0.25) is 0 Å². The van der Waals surface area contributed by atoms with Crippen LogP contribution in [0.5, 0.6) is 0 Å². The molecule has 0 fully saturated rings. The fourth-order valence-electron chi connectivity index (χ4n) is 3.24. The van der Waals surface area contributed by atoms with E-state index in [0.29, 0.717) is 11.8 Å². The maximum absolute atomic E-state index is 13.2. The van der Waals surface area contributed by atoms with E-state index in [9.17, 15) is 26.3 Å². The first kappa shape index (κ1) is 23.2. The van der Waals surface area contributed by atoms with Crippen molar-refractivity contribution in [3.05, 3.63) is 70.5 Å². The minimum Gasteiger partial charge on any atom is -0.340 e. The summed E-state index contributed by atoms with van der Waals surface area (Å²) in [5.74, 6) is -0.0494. The average molecular weight is 590 g/mol. The molecule has 0 spiro atoms. The topological polar surface area (TPSA) is 17.8 Å². The molecule has 0 atom stereocenters. The van der Waals surface area contributed by atoms with Crippen molar-refractivity contribution < 1.29 is 46.4 Å². The number of nitrogens with zero attached hydrogens (tertiary/aromatic N) is 2. The van der Waals surface area contributed by atoms with Crippen LogP contribution in [-0.4, -0.2) is 9.55 Å². The van der Waals surface area contributed by atoms with Crippen molar-refractivity contribution in [2.75, 3.05) is 0 Å². The molecule has 0 N–H and O–H groups in total. The Morgan fingerprint density at radius 2 is 1.45 bits per heavy atom. The maximum atomic E-state index is 13.2. The third-order valence-electron chi connectivity index (χ3n) is 4.26. The number of aromatic nitrogens is 2. The summed E-state index contributed by atoms with van der Waals surface area (Å²) in [5, 5.41) is 0. The Morgan fingerprint density at radius 3 is 1.97 bits per heavy atom. The van der Waals surface area contributed by atoms with Crippen LogP contribution in [-0.2, 0) is 32.5 Å². The molecule has 1 radical (unpaired) electrons. The molecular formula is C20H15F6IrN2-. The van der Waals surface area contributed by atoms with Gasteiger partial charge in [0, 0.05) is 38.2 Å². The SMILES string of the molecule is Cc1cc(C)c(-n2ccnc2-c2[c-]c(C(F)(F)F)cc(C(F)(F)F)c2)c(C)c1.[Ir]. The number of aryl methyl sites for hydroxylation is 3. The molecule has 157 valence electrons. The monoisotopic (exact) mass is 590 g/mol. The van der Waals surface area contributed by atoms with Crippen molar-refractivity contribution >= 4 is 0 Å². The van der Waals surface area contributed by atoms with Crippen molar-refractivity contribution in [2.45, 2.75) is 33.1 Å².